The van der Waals surface area contributed by atoms with Crippen molar-refractivity contribution in [3.05, 3.63) is 30.1 Å². The molecule has 0 aliphatic rings. The van der Waals surface area contributed by atoms with Crippen LogP contribution in [0, 0.1) is 22.7 Å². The summed E-state index contributed by atoms with van der Waals surface area (Å²) in [4.78, 5) is 5.71. The van der Waals surface area contributed by atoms with E-state index in [9.17, 15) is 0 Å². The lowest BCUT2D eigenvalue weighted by molar-refractivity contribution is 0.221. The average Bonchev–Trinajstić information content (AvgIpc) is 2.31. The highest BCUT2D eigenvalue weighted by Crippen LogP contribution is 2.22. The SMILES string of the molecule is CC(N)C(c1ccncc1)N(CC#N)CC#N. The Labute approximate surface area is 101 Å². The van der Waals surface area contributed by atoms with Crippen LogP contribution in [0.3, 0.4) is 0 Å². The molecule has 0 aliphatic carbocycles. The van der Waals surface area contributed by atoms with Crippen LogP contribution < -0.4 is 5.73 Å². The Morgan fingerprint density at radius 3 is 2.24 bits per heavy atom. The van der Waals surface area contributed by atoms with Crippen LogP contribution in [0.15, 0.2) is 24.5 Å². The Balaban J connectivity index is 3.00. The summed E-state index contributed by atoms with van der Waals surface area (Å²) in [7, 11) is 0. The summed E-state index contributed by atoms with van der Waals surface area (Å²) in [6.45, 7) is 2.23. The molecule has 1 rings (SSSR count). The molecule has 0 saturated carbocycles. The summed E-state index contributed by atoms with van der Waals surface area (Å²) in [6, 6.07) is 7.53. The van der Waals surface area contributed by atoms with E-state index in [0.29, 0.717) is 0 Å². The first-order chi connectivity index (χ1) is 8.20. The van der Waals surface area contributed by atoms with Gasteiger partial charge in [-0.3, -0.25) is 9.88 Å². The smallest absolute Gasteiger partial charge is 0.0879 e. The third-order valence-electron chi connectivity index (χ3n) is 2.49. The Kier molecular flexibility index (Phi) is 5.09. The van der Waals surface area contributed by atoms with Crippen molar-refractivity contribution in [2.45, 2.75) is 19.0 Å². The molecule has 0 fully saturated rings. The Hall–Kier alpha value is -1.95. The molecule has 1 aromatic heterocycles. The maximum atomic E-state index is 8.79. The highest BCUT2D eigenvalue weighted by atomic mass is 15.2. The quantitative estimate of drug-likeness (QED) is 0.755. The average molecular weight is 229 g/mol. The molecule has 0 radical (unpaired) electrons. The van der Waals surface area contributed by atoms with E-state index in [1.54, 1.807) is 17.3 Å². The molecule has 88 valence electrons. The summed E-state index contributed by atoms with van der Waals surface area (Å²) in [5, 5.41) is 17.6. The molecular weight excluding hydrogens is 214 g/mol. The van der Waals surface area contributed by atoms with E-state index in [4.69, 9.17) is 16.3 Å². The minimum atomic E-state index is -0.168. The van der Waals surface area contributed by atoms with E-state index >= 15 is 0 Å². The van der Waals surface area contributed by atoms with Gasteiger partial charge in [0.1, 0.15) is 0 Å². The maximum absolute atomic E-state index is 8.79. The lowest BCUT2D eigenvalue weighted by Gasteiger charge is -2.30. The third-order valence-corrected chi connectivity index (χ3v) is 2.49. The molecule has 5 nitrogen and oxygen atoms in total. The predicted molar refractivity (Wildman–Crippen MR) is 63.4 cm³/mol. The number of hydrogen-bond acceptors (Lipinski definition) is 5. The first-order valence-corrected chi connectivity index (χ1v) is 5.34. The molecule has 1 aromatic rings. The lowest BCUT2D eigenvalue weighted by atomic mass is 10.0. The van der Waals surface area contributed by atoms with Gasteiger partial charge in [-0.25, -0.2) is 0 Å². The number of hydrogen-bond donors (Lipinski definition) is 1. The number of rotatable bonds is 5. The largest absolute Gasteiger partial charge is 0.326 e. The van der Waals surface area contributed by atoms with Gasteiger partial charge in [0.15, 0.2) is 0 Å². The van der Waals surface area contributed by atoms with Gasteiger partial charge in [-0.15, -0.1) is 0 Å². The van der Waals surface area contributed by atoms with Crippen molar-refractivity contribution in [2.75, 3.05) is 13.1 Å². The number of nitriles is 2. The fourth-order valence-corrected chi connectivity index (χ4v) is 1.84. The standard InChI is InChI=1S/C12H15N5/c1-10(15)12(11-2-6-16-7-3-11)17(8-4-13)9-5-14/h2-3,6-7,10,12H,8-9,15H2,1H3. The summed E-state index contributed by atoms with van der Waals surface area (Å²) in [6.07, 6.45) is 3.36. The first kappa shape index (κ1) is 13.1. The van der Waals surface area contributed by atoms with Crippen LogP contribution in [0.2, 0.25) is 0 Å². The lowest BCUT2D eigenvalue weighted by Crippen LogP contribution is -2.40. The van der Waals surface area contributed by atoms with E-state index < -0.39 is 0 Å². The van der Waals surface area contributed by atoms with Gasteiger partial charge in [0, 0.05) is 18.4 Å². The van der Waals surface area contributed by atoms with Crippen LogP contribution in [0.4, 0.5) is 0 Å². The minimum Gasteiger partial charge on any atom is -0.326 e. The zero-order chi connectivity index (χ0) is 12.7. The van der Waals surface area contributed by atoms with E-state index in [2.05, 4.69) is 17.1 Å². The second kappa shape index (κ2) is 6.59. The summed E-state index contributed by atoms with van der Waals surface area (Å²) >= 11 is 0. The van der Waals surface area contributed by atoms with Crippen molar-refractivity contribution in [3.8, 4) is 12.1 Å². The Morgan fingerprint density at radius 2 is 1.82 bits per heavy atom. The molecule has 1 heterocycles. The second-order valence-electron chi connectivity index (χ2n) is 3.81. The monoisotopic (exact) mass is 229 g/mol. The molecule has 2 atom stereocenters. The molecular formula is C12H15N5. The maximum Gasteiger partial charge on any atom is 0.0879 e. The van der Waals surface area contributed by atoms with Crippen molar-refractivity contribution in [3.63, 3.8) is 0 Å². The number of nitrogens with zero attached hydrogens (tertiary/aromatic N) is 4. The van der Waals surface area contributed by atoms with E-state index in [-0.39, 0.29) is 25.2 Å². The Bertz CT molecular complexity index is 399. The molecule has 5 heteroatoms. The fraction of sp³-hybridized carbons (Fsp3) is 0.417. The highest BCUT2D eigenvalue weighted by molar-refractivity contribution is 5.18. The molecule has 17 heavy (non-hydrogen) atoms. The first-order valence-electron chi connectivity index (χ1n) is 5.34. The number of aromatic nitrogens is 1. The van der Waals surface area contributed by atoms with Crippen LogP contribution in [-0.2, 0) is 0 Å². The topological polar surface area (TPSA) is 89.7 Å². The van der Waals surface area contributed by atoms with Crippen LogP contribution >= 0.6 is 0 Å². The van der Waals surface area contributed by atoms with Gasteiger partial charge >= 0.3 is 0 Å². The molecule has 0 aromatic carbocycles. The van der Waals surface area contributed by atoms with Crippen molar-refractivity contribution in [1.82, 2.24) is 9.88 Å². The van der Waals surface area contributed by atoms with Gasteiger partial charge in [-0.1, -0.05) is 0 Å². The highest BCUT2D eigenvalue weighted by Gasteiger charge is 2.23. The molecule has 0 saturated heterocycles. The van der Waals surface area contributed by atoms with Crippen LogP contribution in [-0.4, -0.2) is 29.0 Å². The minimum absolute atomic E-state index is 0.141. The van der Waals surface area contributed by atoms with Gasteiger partial charge in [-0.05, 0) is 24.6 Å². The number of pyridine rings is 1. The van der Waals surface area contributed by atoms with Crippen molar-refractivity contribution >= 4 is 0 Å². The molecule has 0 aliphatic heterocycles. The molecule has 0 bridgehead atoms. The van der Waals surface area contributed by atoms with E-state index in [1.165, 1.54) is 0 Å². The third kappa shape index (κ3) is 3.53. The Morgan fingerprint density at radius 1 is 1.29 bits per heavy atom. The molecule has 0 amide bonds. The van der Waals surface area contributed by atoms with Crippen molar-refractivity contribution in [2.24, 2.45) is 5.73 Å². The fourth-order valence-electron chi connectivity index (χ4n) is 1.84. The summed E-state index contributed by atoms with van der Waals surface area (Å²) in [5.41, 5.74) is 6.92. The molecule has 2 N–H and O–H groups in total. The zero-order valence-electron chi connectivity index (χ0n) is 9.74. The normalized spacial score (nSPS) is 13.7. The van der Waals surface area contributed by atoms with E-state index in [0.717, 1.165) is 5.56 Å². The molecule has 2 unspecified atom stereocenters. The summed E-state index contributed by atoms with van der Waals surface area (Å²) < 4.78 is 0. The summed E-state index contributed by atoms with van der Waals surface area (Å²) in [5.74, 6) is 0. The van der Waals surface area contributed by atoms with Crippen LogP contribution in [0.5, 0.6) is 0 Å². The molecule has 0 spiro atoms. The number of nitrogens with two attached hydrogens (primary N) is 1. The second-order valence-corrected chi connectivity index (χ2v) is 3.81. The van der Waals surface area contributed by atoms with Gasteiger partial charge in [0.25, 0.3) is 0 Å². The van der Waals surface area contributed by atoms with Gasteiger partial charge < -0.3 is 5.73 Å². The van der Waals surface area contributed by atoms with Crippen molar-refractivity contribution < 1.29 is 0 Å². The van der Waals surface area contributed by atoms with E-state index in [1.807, 2.05) is 19.1 Å². The predicted octanol–water partition coefficient (Wildman–Crippen LogP) is 0.819. The van der Waals surface area contributed by atoms with Gasteiger partial charge in [-0.2, -0.15) is 10.5 Å². The zero-order valence-corrected chi connectivity index (χ0v) is 9.74. The van der Waals surface area contributed by atoms with Gasteiger partial charge in [0.05, 0.1) is 31.3 Å². The van der Waals surface area contributed by atoms with Gasteiger partial charge in [0.2, 0.25) is 0 Å². The van der Waals surface area contributed by atoms with Crippen LogP contribution in [0.1, 0.15) is 18.5 Å². The van der Waals surface area contributed by atoms with Crippen LogP contribution in [0.25, 0.3) is 0 Å². The van der Waals surface area contributed by atoms with Crippen molar-refractivity contribution in [1.29, 1.82) is 10.5 Å².